The average molecular weight is 391 g/mol. The summed E-state index contributed by atoms with van der Waals surface area (Å²) in [6, 6.07) is 15.4. The zero-order valence-corrected chi connectivity index (χ0v) is 16.6. The number of hydrogen-bond acceptors (Lipinski definition) is 5. The highest BCUT2D eigenvalue weighted by Gasteiger charge is 2.31. The maximum atomic E-state index is 12.2. The Labute approximate surface area is 160 Å². The first kappa shape index (κ1) is 20.9. The number of esters is 1. The Kier molecular flexibility index (Phi) is 6.98. The molecule has 27 heavy (non-hydrogen) atoms. The van der Waals surface area contributed by atoms with Crippen LogP contribution in [0.15, 0.2) is 59.5 Å². The third-order valence-electron chi connectivity index (χ3n) is 3.82. The van der Waals surface area contributed by atoms with Gasteiger partial charge in [-0.15, -0.1) is 0 Å². The van der Waals surface area contributed by atoms with Crippen LogP contribution in [0.4, 0.5) is 0 Å². The minimum Gasteiger partial charge on any atom is -0.476 e. The fourth-order valence-corrected chi connectivity index (χ4v) is 3.43. The number of sulfonamides is 1. The highest BCUT2D eigenvalue weighted by Crippen LogP contribution is 2.20. The van der Waals surface area contributed by atoms with E-state index in [1.807, 2.05) is 12.1 Å². The molecule has 0 spiro atoms. The van der Waals surface area contributed by atoms with Gasteiger partial charge in [-0.2, -0.15) is 0 Å². The number of carbonyl (C=O) groups excluding carboxylic acids is 1. The van der Waals surface area contributed by atoms with Crippen LogP contribution in [0.2, 0.25) is 0 Å². The van der Waals surface area contributed by atoms with Crippen molar-refractivity contribution >= 4 is 16.0 Å². The Balaban J connectivity index is 1.90. The topological polar surface area (TPSA) is 81.7 Å². The second kappa shape index (κ2) is 9.01. The molecule has 2 rings (SSSR count). The minimum atomic E-state index is -3.50. The van der Waals surface area contributed by atoms with Crippen LogP contribution in [0.5, 0.6) is 5.75 Å². The van der Waals surface area contributed by atoms with Crippen molar-refractivity contribution in [2.45, 2.75) is 37.7 Å². The minimum absolute atomic E-state index is 0.245. The molecule has 0 aromatic heterocycles. The molecule has 0 aliphatic heterocycles. The van der Waals surface area contributed by atoms with Gasteiger partial charge in [0.1, 0.15) is 5.75 Å². The van der Waals surface area contributed by atoms with Crippen LogP contribution in [-0.4, -0.2) is 33.1 Å². The van der Waals surface area contributed by atoms with Crippen LogP contribution in [0.1, 0.15) is 26.3 Å². The second-order valence-corrected chi connectivity index (χ2v) is 8.20. The lowest BCUT2D eigenvalue weighted by Gasteiger charge is -2.24. The molecule has 2 aromatic carbocycles. The summed E-state index contributed by atoms with van der Waals surface area (Å²) in [5, 5.41) is 0. The number of hydrogen-bond donors (Lipinski definition) is 1. The molecule has 0 amide bonds. The molecule has 0 radical (unpaired) electrons. The zero-order chi connectivity index (χ0) is 19.9. The van der Waals surface area contributed by atoms with Crippen LogP contribution in [0.25, 0.3) is 0 Å². The molecule has 0 fully saturated rings. The highest BCUT2D eigenvalue weighted by molar-refractivity contribution is 7.89. The Morgan fingerprint density at radius 3 is 2.26 bits per heavy atom. The molecule has 2 aromatic rings. The lowest BCUT2D eigenvalue weighted by molar-refractivity contribution is -0.158. The van der Waals surface area contributed by atoms with E-state index >= 15 is 0 Å². The summed E-state index contributed by atoms with van der Waals surface area (Å²) in [7, 11) is -3.50. The summed E-state index contributed by atoms with van der Waals surface area (Å²) in [6.07, 6.45) is 0.535. The van der Waals surface area contributed by atoms with Gasteiger partial charge in [-0.05, 0) is 57.0 Å². The second-order valence-electron chi connectivity index (χ2n) is 6.44. The monoisotopic (exact) mass is 391 g/mol. The lowest BCUT2D eigenvalue weighted by atomic mass is 10.1. The van der Waals surface area contributed by atoms with Crippen molar-refractivity contribution in [2.75, 3.05) is 13.2 Å². The molecule has 0 unspecified atom stereocenters. The smallest absolute Gasteiger partial charge is 0.349 e. The molecule has 0 saturated heterocycles. The first-order valence-corrected chi connectivity index (χ1v) is 10.2. The fraction of sp³-hybridized carbons (Fsp3) is 0.350. The van der Waals surface area contributed by atoms with Gasteiger partial charge >= 0.3 is 5.97 Å². The molecule has 1 N–H and O–H groups in total. The lowest BCUT2D eigenvalue weighted by Crippen LogP contribution is -2.39. The highest BCUT2D eigenvalue weighted by atomic mass is 32.2. The van der Waals surface area contributed by atoms with E-state index in [0.717, 1.165) is 5.56 Å². The SMILES string of the molecule is CCOC(=O)C(C)(C)Oc1ccc(CCNS(=O)(=O)c2ccccc2)cc1. The van der Waals surface area contributed by atoms with Crippen molar-refractivity contribution in [3.05, 3.63) is 60.2 Å². The van der Waals surface area contributed by atoms with Gasteiger partial charge in [-0.1, -0.05) is 30.3 Å². The summed E-state index contributed by atoms with van der Waals surface area (Å²) in [4.78, 5) is 12.1. The number of carbonyl (C=O) groups is 1. The van der Waals surface area contributed by atoms with Gasteiger partial charge in [0, 0.05) is 6.54 Å². The van der Waals surface area contributed by atoms with Crippen molar-refractivity contribution in [3.8, 4) is 5.75 Å². The third kappa shape index (κ3) is 6.08. The molecule has 6 nitrogen and oxygen atoms in total. The largest absolute Gasteiger partial charge is 0.476 e. The summed E-state index contributed by atoms with van der Waals surface area (Å²) in [6.45, 7) is 5.62. The predicted octanol–water partition coefficient (Wildman–Crippen LogP) is 2.93. The average Bonchev–Trinajstić information content (AvgIpc) is 2.64. The van der Waals surface area contributed by atoms with E-state index in [2.05, 4.69) is 4.72 Å². The van der Waals surface area contributed by atoms with E-state index in [-0.39, 0.29) is 11.4 Å². The summed E-state index contributed by atoms with van der Waals surface area (Å²) < 4.78 is 37.6. The van der Waals surface area contributed by atoms with E-state index in [9.17, 15) is 13.2 Å². The molecule has 0 bridgehead atoms. The maximum Gasteiger partial charge on any atom is 0.349 e. The molecule has 0 saturated carbocycles. The van der Waals surface area contributed by atoms with Crippen LogP contribution in [0, 0.1) is 0 Å². The molecule has 0 heterocycles. The van der Waals surface area contributed by atoms with Crippen LogP contribution in [0.3, 0.4) is 0 Å². The molecule has 0 atom stereocenters. The first-order chi connectivity index (χ1) is 12.7. The molecule has 0 aliphatic rings. The first-order valence-electron chi connectivity index (χ1n) is 8.74. The molecular weight excluding hydrogens is 366 g/mol. The van der Waals surface area contributed by atoms with E-state index in [4.69, 9.17) is 9.47 Å². The van der Waals surface area contributed by atoms with E-state index in [0.29, 0.717) is 18.8 Å². The van der Waals surface area contributed by atoms with Crippen LogP contribution in [-0.2, 0) is 26.0 Å². The van der Waals surface area contributed by atoms with E-state index in [1.165, 1.54) is 0 Å². The molecule has 146 valence electrons. The molecule has 7 heteroatoms. The van der Waals surface area contributed by atoms with Crippen molar-refractivity contribution < 1.29 is 22.7 Å². The number of benzene rings is 2. The third-order valence-corrected chi connectivity index (χ3v) is 5.30. The predicted molar refractivity (Wildman–Crippen MR) is 103 cm³/mol. The summed E-state index contributed by atoms with van der Waals surface area (Å²) in [5.74, 6) is 0.117. The van der Waals surface area contributed by atoms with E-state index < -0.39 is 21.6 Å². The number of nitrogens with one attached hydrogen (secondary N) is 1. The van der Waals surface area contributed by atoms with Crippen molar-refractivity contribution in [2.24, 2.45) is 0 Å². The van der Waals surface area contributed by atoms with Crippen molar-refractivity contribution in [3.63, 3.8) is 0 Å². The Bertz CT molecular complexity index is 846. The molecular formula is C20H25NO5S. The van der Waals surface area contributed by atoms with Gasteiger partial charge in [0.2, 0.25) is 10.0 Å². The normalized spacial score (nSPS) is 11.8. The number of rotatable bonds is 9. The quantitative estimate of drug-likeness (QED) is 0.665. The zero-order valence-electron chi connectivity index (χ0n) is 15.8. The Hall–Kier alpha value is -2.38. The van der Waals surface area contributed by atoms with Gasteiger partial charge in [0.15, 0.2) is 5.60 Å². The van der Waals surface area contributed by atoms with Crippen LogP contribution >= 0.6 is 0 Å². The summed E-state index contributed by atoms with van der Waals surface area (Å²) in [5.41, 5.74) is -0.130. The summed E-state index contributed by atoms with van der Waals surface area (Å²) >= 11 is 0. The van der Waals surface area contributed by atoms with Crippen LogP contribution < -0.4 is 9.46 Å². The Morgan fingerprint density at radius 1 is 1.04 bits per heavy atom. The van der Waals surface area contributed by atoms with Gasteiger partial charge in [-0.3, -0.25) is 0 Å². The van der Waals surface area contributed by atoms with Gasteiger partial charge in [0.25, 0.3) is 0 Å². The van der Waals surface area contributed by atoms with Crippen molar-refractivity contribution in [1.82, 2.24) is 4.72 Å². The van der Waals surface area contributed by atoms with Crippen molar-refractivity contribution in [1.29, 1.82) is 0 Å². The standard InChI is InChI=1S/C20H25NO5S/c1-4-25-19(22)20(2,3)26-17-12-10-16(11-13-17)14-15-21-27(23,24)18-8-6-5-7-9-18/h5-13,21H,4,14-15H2,1-3H3. The maximum absolute atomic E-state index is 12.2. The fourth-order valence-electron chi connectivity index (χ4n) is 2.38. The Morgan fingerprint density at radius 2 is 1.67 bits per heavy atom. The van der Waals surface area contributed by atoms with Gasteiger partial charge in [-0.25, -0.2) is 17.9 Å². The molecule has 0 aliphatic carbocycles. The van der Waals surface area contributed by atoms with Gasteiger partial charge < -0.3 is 9.47 Å². The number of ether oxygens (including phenoxy) is 2. The van der Waals surface area contributed by atoms with E-state index in [1.54, 1.807) is 63.2 Å². The van der Waals surface area contributed by atoms with Gasteiger partial charge in [0.05, 0.1) is 11.5 Å².